The fraction of sp³-hybridized carbons (Fsp3) is 0.200. The van der Waals surface area contributed by atoms with Gasteiger partial charge in [0.25, 0.3) is 21.6 Å². The molecule has 0 unspecified atom stereocenters. The number of rotatable bonds is 12. The fourth-order valence-electron chi connectivity index (χ4n) is 3.46. The normalized spacial score (nSPS) is 11.2. The van der Waals surface area contributed by atoms with E-state index in [4.69, 9.17) is 14.2 Å². The Balaban J connectivity index is 1.97. The molecule has 0 aliphatic rings. The first-order valence-electron chi connectivity index (χ1n) is 11.4. The summed E-state index contributed by atoms with van der Waals surface area (Å²) in [5, 5.41) is 25.2. The summed E-state index contributed by atoms with van der Waals surface area (Å²) in [7, 11) is -1.95. The van der Waals surface area contributed by atoms with Gasteiger partial charge in [-0.15, -0.1) is 0 Å². The van der Waals surface area contributed by atoms with Gasteiger partial charge in [0, 0.05) is 12.1 Å². The lowest BCUT2D eigenvalue weighted by Crippen LogP contribution is -2.40. The van der Waals surface area contributed by atoms with Crippen molar-refractivity contribution >= 4 is 33.5 Å². The molecule has 0 bridgehead atoms. The number of hydrazone groups is 1. The molecule has 0 fully saturated rings. The smallest absolute Gasteiger partial charge is 0.289 e. The molecule has 13 nitrogen and oxygen atoms in total. The average Bonchev–Trinajstić information content (AvgIpc) is 2.93. The lowest BCUT2D eigenvalue weighted by molar-refractivity contribution is -0.387. The Kier molecular flexibility index (Phi) is 9.28. The van der Waals surface area contributed by atoms with Crippen LogP contribution in [0.4, 0.5) is 11.4 Å². The summed E-state index contributed by atoms with van der Waals surface area (Å²) in [5.41, 5.74) is 2.00. The highest BCUT2D eigenvalue weighted by Crippen LogP contribution is 2.37. The third-order valence-corrected chi connectivity index (χ3v) is 7.07. The number of anilines is 1. The van der Waals surface area contributed by atoms with Crippen molar-refractivity contribution in [2.24, 2.45) is 5.10 Å². The van der Waals surface area contributed by atoms with E-state index in [9.17, 15) is 28.4 Å². The van der Waals surface area contributed by atoms with Crippen molar-refractivity contribution in [3.63, 3.8) is 0 Å². The zero-order chi connectivity index (χ0) is 28.6. The number of para-hydroxylation sites is 1. The van der Waals surface area contributed by atoms with Crippen molar-refractivity contribution in [2.75, 3.05) is 31.7 Å². The molecule has 0 aliphatic carbocycles. The number of hydrogen-bond acceptors (Lipinski definition) is 10. The van der Waals surface area contributed by atoms with E-state index in [0.717, 1.165) is 12.1 Å². The Bertz CT molecular complexity index is 1490. The highest BCUT2D eigenvalue weighted by Gasteiger charge is 2.34. The molecule has 0 atom stereocenters. The zero-order valence-electron chi connectivity index (χ0n) is 21.2. The van der Waals surface area contributed by atoms with Crippen LogP contribution in [0.2, 0.25) is 0 Å². The van der Waals surface area contributed by atoms with Crippen LogP contribution in [0, 0.1) is 10.1 Å². The van der Waals surface area contributed by atoms with Gasteiger partial charge in [-0.2, -0.15) is 5.10 Å². The largest absolute Gasteiger partial charge is 0.504 e. The van der Waals surface area contributed by atoms with Crippen molar-refractivity contribution in [1.29, 1.82) is 0 Å². The van der Waals surface area contributed by atoms with Crippen LogP contribution in [0.25, 0.3) is 0 Å². The second-order valence-electron chi connectivity index (χ2n) is 7.73. The Morgan fingerprint density at radius 1 is 1.10 bits per heavy atom. The average molecular weight is 559 g/mol. The Labute approximate surface area is 224 Å². The van der Waals surface area contributed by atoms with Gasteiger partial charge in [-0.25, -0.2) is 13.8 Å². The van der Waals surface area contributed by atoms with Crippen LogP contribution in [0.5, 0.6) is 23.0 Å². The van der Waals surface area contributed by atoms with Crippen LogP contribution < -0.4 is 23.9 Å². The maximum atomic E-state index is 13.7. The number of sulfonamides is 1. The number of methoxy groups -OCH3 is 2. The first-order valence-corrected chi connectivity index (χ1v) is 12.8. The van der Waals surface area contributed by atoms with Gasteiger partial charge < -0.3 is 19.3 Å². The summed E-state index contributed by atoms with van der Waals surface area (Å²) < 4.78 is 43.9. The summed E-state index contributed by atoms with van der Waals surface area (Å²) in [6.07, 6.45) is 1.27. The SMILES string of the molecule is CCOc1cc(/C=N\NC(=O)CN(c2ccc(OC)cc2OC)S(=O)(=O)c2ccccc2[N+](=O)[O-])ccc1O. The van der Waals surface area contributed by atoms with E-state index >= 15 is 0 Å². The van der Waals surface area contributed by atoms with Crippen LogP contribution in [0.1, 0.15) is 12.5 Å². The summed E-state index contributed by atoms with van der Waals surface area (Å²) in [4.78, 5) is 23.0. The van der Waals surface area contributed by atoms with Gasteiger partial charge in [-0.1, -0.05) is 12.1 Å². The molecule has 206 valence electrons. The highest BCUT2D eigenvalue weighted by atomic mass is 32.2. The van der Waals surface area contributed by atoms with E-state index < -0.39 is 38.0 Å². The summed E-state index contributed by atoms with van der Waals surface area (Å²) in [6, 6.07) is 13.4. The number of benzene rings is 3. The summed E-state index contributed by atoms with van der Waals surface area (Å²) >= 11 is 0. The molecule has 0 spiro atoms. The summed E-state index contributed by atoms with van der Waals surface area (Å²) in [5.74, 6) is -0.299. The molecule has 0 heterocycles. The van der Waals surface area contributed by atoms with E-state index in [-0.39, 0.29) is 22.9 Å². The topological polar surface area (TPSA) is 170 Å². The first kappa shape index (κ1) is 28.7. The predicted molar refractivity (Wildman–Crippen MR) is 142 cm³/mol. The van der Waals surface area contributed by atoms with Crippen LogP contribution in [0.15, 0.2) is 70.7 Å². The Morgan fingerprint density at radius 2 is 1.85 bits per heavy atom. The van der Waals surface area contributed by atoms with E-state index in [1.807, 2.05) is 0 Å². The quantitative estimate of drug-likeness (QED) is 0.193. The number of carbonyl (C=O) groups excluding carboxylic acids is 1. The Morgan fingerprint density at radius 3 is 2.51 bits per heavy atom. The van der Waals surface area contributed by atoms with Gasteiger partial charge in [-0.05, 0) is 48.9 Å². The minimum Gasteiger partial charge on any atom is -0.504 e. The molecule has 3 rings (SSSR count). The van der Waals surface area contributed by atoms with Crippen LogP contribution >= 0.6 is 0 Å². The molecular formula is C25H26N4O9S. The number of ether oxygens (including phenoxy) is 3. The molecule has 0 aliphatic heterocycles. The molecule has 0 radical (unpaired) electrons. The van der Waals surface area contributed by atoms with Crippen molar-refractivity contribution < 1.29 is 37.5 Å². The van der Waals surface area contributed by atoms with Crippen LogP contribution in [-0.4, -0.2) is 57.9 Å². The minimum atomic E-state index is -4.66. The lowest BCUT2D eigenvalue weighted by Gasteiger charge is -2.25. The number of phenols is 1. The molecule has 2 N–H and O–H groups in total. The van der Waals surface area contributed by atoms with Crippen molar-refractivity contribution in [3.8, 4) is 23.0 Å². The maximum absolute atomic E-state index is 13.7. The van der Waals surface area contributed by atoms with Gasteiger partial charge >= 0.3 is 0 Å². The van der Waals surface area contributed by atoms with Crippen molar-refractivity contribution in [2.45, 2.75) is 11.8 Å². The van der Waals surface area contributed by atoms with Gasteiger partial charge in [-0.3, -0.25) is 19.2 Å². The van der Waals surface area contributed by atoms with E-state index in [0.29, 0.717) is 22.2 Å². The zero-order valence-corrected chi connectivity index (χ0v) is 22.0. The third-order valence-electron chi connectivity index (χ3n) is 5.26. The molecule has 0 aromatic heterocycles. The first-order chi connectivity index (χ1) is 18.6. The van der Waals surface area contributed by atoms with E-state index in [2.05, 4.69) is 10.5 Å². The lowest BCUT2D eigenvalue weighted by atomic mass is 10.2. The number of aromatic hydroxyl groups is 1. The standard InChI is InChI=1S/C25H26N4O9S/c1-4-38-23-13-17(9-12-21(23)30)15-26-27-25(31)16-28(19-11-10-18(36-2)14-22(19)37-3)39(34,35)24-8-6-5-7-20(24)29(32)33/h5-15,30H,4,16H2,1-3H3,(H,27,31)/b26-15-. The number of amides is 1. The van der Waals surface area contributed by atoms with Gasteiger partial charge in [0.15, 0.2) is 16.4 Å². The maximum Gasteiger partial charge on any atom is 0.289 e. The molecule has 3 aromatic rings. The predicted octanol–water partition coefficient (Wildman–Crippen LogP) is 3.06. The van der Waals surface area contributed by atoms with Gasteiger partial charge in [0.1, 0.15) is 18.0 Å². The van der Waals surface area contributed by atoms with Crippen molar-refractivity contribution in [3.05, 3.63) is 76.3 Å². The molecule has 0 saturated heterocycles. The number of nitro benzene ring substituents is 1. The number of nitrogens with zero attached hydrogens (tertiary/aromatic N) is 3. The molecular weight excluding hydrogens is 532 g/mol. The summed E-state index contributed by atoms with van der Waals surface area (Å²) in [6.45, 7) is 1.28. The van der Waals surface area contributed by atoms with E-state index in [1.54, 1.807) is 6.92 Å². The molecule has 3 aromatic carbocycles. The van der Waals surface area contributed by atoms with Gasteiger partial charge in [0.05, 0.1) is 37.7 Å². The molecule has 39 heavy (non-hydrogen) atoms. The monoisotopic (exact) mass is 558 g/mol. The third kappa shape index (κ3) is 6.73. The second-order valence-corrected chi connectivity index (χ2v) is 9.56. The Hall–Kier alpha value is -4.85. The molecule has 14 heteroatoms. The number of nitrogens with one attached hydrogen (secondary N) is 1. The van der Waals surface area contributed by atoms with Gasteiger partial charge in [0.2, 0.25) is 0 Å². The van der Waals surface area contributed by atoms with Crippen molar-refractivity contribution in [1.82, 2.24) is 5.43 Å². The molecule has 1 amide bonds. The second kappa shape index (κ2) is 12.6. The molecule has 0 saturated carbocycles. The fourth-order valence-corrected chi connectivity index (χ4v) is 5.05. The van der Waals surface area contributed by atoms with Crippen LogP contribution in [-0.2, 0) is 14.8 Å². The number of phenolic OH excluding ortho intramolecular Hbond substituents is 1. The number of nitro groups is 1. The number of carbonyl (C=O) groups is 1. The van der Waals surface area contributed by atoms with Crippen LogP contribution in [0.3, 0.4) is 0 Å². The minimum absolute atomic E-state index is 0.0420. The highest BCUT2D eigenvalue weighted by molar-refractivity contribution is 7.93. The number of hydrogen-bond donors (Lipinski definition) is 2. The van der Waals surface area contributed by atoms with E-state index in [1.165, 1.54) is 69.0 Å².